The molecule has 122 valence electrons. The monoisotopic (exact) mass is 326 g/mol. The number of carbonyl (C=O) groups excluding carboxylic acids is 2. The third-order valence-electron chi connectivity index (χ3n) is 3.44. The summed E-state index contributed by atoms with van der Waals surface area (Å²) in [6, 6.07) is 10.5. The first-order chi connectivity index (χ1) is 11.6. The number of hydrogen-bond acceptors (Lipinski definition) is 4. The van der Waals surface area contributed by atoms with Crippen molar-refractivity contribution in [1.29, 1.82) is 0 Å². The van der Waals surface area contributed by atoms with E-state index in [-0.39, 0.29) is 11.8 Å². The highest BCUT2D eigenvalue weighted by Gasteiger charge is 2.11. The van der Waals surface area contributed by atoms with Gasteiger partial charge in [0.25, 0.3) is 18.1 Å². The topological polar surface area (TPSA) is 89.1 Å². The summed E-state index contributed by atoms with van der Waals surface area (Å²) in [6.07, 6.45) is 3.14. The van der Waals surface area contributed by atoms with Crippen LogP contribution in [-0.2, 0) is 11.9 Å². The lowest BCUT2D eigenvalue weighted by molar-refractivity contribution is -0.642. The predicted octanol–water partition coefficient (Wildman–Crippen LogP) is 0.536. The summed E-state index contributed by atoms with van der Waals surface area (Å²) in [7, 11) is 3.14. The van der Waals surface area contributed by atoms with E-state index in [1.807, 2.05) is 0 Å². The lowest BCUT2D eigenvalue weighted by atomic mass is 10.0. The van der Waals surface area contributed by atoms with Crippen molar-refractivity contribution < 1.29 is 19.1 Å². The van der Waals surface area contributed by atoms with Crippen molar-refractivity contribution in [3.05, 3.63) is 60.2 Å². The van der Waals surface area contributed by atoms with Crippen molar-refractivity contribution in [3.8, 4) is 0 Å². The fourth-order valence-corrected chi connectivity index (χ4v) is 2.30. The summed E-state index contributed by atoms with van der Waals surface area (Å²) >= 11 is 0. The van der Waals surface area contributed by atoms with E-state index in [2.05, 4.69) is 20.8 Å². The van der Waals surface area contributed by atoms with E-state index >= 15 is 0 Å². The standard InChI is InChI=1S/C16H15N5O3/c1-20-10-21(9-17-20)18-15(22)13-5-3-12-8-14(16(23)19-24-2)6-4-11(12)7-13/h3-10H,1-2H3,(H-,18,19,22,23)/p+1. The number of nitrogens with zero attached hydrogens (tertiary/aromatic N) is 3. The molecule has 0 fully saturated rings. The Morgan fingerprint density at radius 1 is 1.08 bits per heavy atom. The number of hydroxylamine groups is 1. The van der Waals surface area contributed by atoms with Crippen LogP contribution >= 0.6 is 0 Å². The van der Waals surface area contributed by atoms with Gasteiger partial charge < -0.3 is 0 Å². The zero-order chi connectivity index (χ0) is 17.1. The van der Waals surface area contributed by atoms with E-state index in [1.54, 1.807) is 54.5 Å². The molecule has 3 aromatic rings. The van der Waals surface area contributed by atoms with Gasteiger partial charge in [-0.25, -0.2) is 10.9 Å². The smallest absolute Gasteiger partial charge is 0.277 e. The minimum absolute atomic E-state index is 0.254. The van der Waals surface area contributed by atoms with E-state index < -0.39 is 0 Å². The van der Waals surface area contributed by atoms with Crippen molar-refractivity contribution in [2.45, 2.75) is 0 Å². The zero-order valence-corrected chi connectivity index (χ0v) is 13.2. The Bertz CT molecular complexity index is 919. The van der Waals surface area contributed by atoms with Crippen LogP contribution in [0.1, 0.15) is 20.7 Å². The second kappa shape index (κ2) is 6.47. The van der Waals surface area contributed by atoms with Crippen LogP contribution in [-0.4, -0.2) is 28.7 Å². The van der Waals surface area contributed by atoms with Crippen LogP contribution in [0.3, 0.4) is 0 Å². The predicted molar refractivity (Wildman–Crippen MR) is 85.5 cm³/mol. The molecule has 8 heteroatoms. The van der Waals surface area contributed by atoms with Crippen molar-refractivity contribution in [2.75, 3.05) is 12.5 Å². The van der Waals surface area contributed by atoms with Crippen LogP contribution in [0.5, 0.6) is 0 Å². The molecule has 0 unspecified atom stereocenters. The van der Waals surface area contributed by atoms with Crippen molar-refractivity contribution in [1.82, 2.24) is 15.3 Å². The van der Waals surface area contributed by atoms with Crippen molar-refractivity contribution >= 4 is 22.6 Å². The van der Waals surface area contributed by atoms with Crippen molar-refractivity contribution in [3.63, 3.8) is 0 Å². The van der Waals surface area contributed by atoms with Gasteiger partial charge in [-0.1, -0.05) is 12.1 Å². The highest BCUT2D eigenvalue weighted by molar-refractivity contribution is 6.03. The Hall–Kier alpha value is -3.26. The number of nitrogens with one attached hydrogen (secondary N) is 2. The minimum atomic E-state index is -0.325. The SMILES string of the molecule is CONC(=O)c1ccc2cc(C(=O)N[n+]3cnn(C)c3)ccc2c1. The molecule has 24 heavy (non-hydrogen) atoms. The summed E-state index contributed by atoms with van der Waals surface area (Å²) in [4.78, 5) is 28.7. The number of benzene rings is 2. The molecular formula is C16H16N5O3+. The molecule has 0 radical (unpaired) electrons. The molecule has 2 amide bonds. The number of aromatic nitrogens is 3. The average Bonchev–Trinajstić information content (AvgIpc) is 2.99. The first kappa shape index (κ1) is 15.6. The first-order valence-electron chi connectivity index (χ1n) is 7.15. The zero-order valence-electron chi connectivity index (χ0n) is 13.2. The van der Waals surface area contributed by atoms with Crippen LogP contribution in [0.4, 0.5) is 0 Å². The highest BCUT2D eigenvalue weighted by atomic mass is 16.6. The Morgan fingerprint density at radius 2 is 1.71 bits per heavy atom. The molecule has 0 atom stereocenters. The fourth-order valence-electron chi connectivity index (χ4n) is 2.30. The second-order valence-electron chi connectivity index (χ2n) is 5.18. The summed E-state index contributed by atoms with van der Waals surface area (Å²) < 4.78 is 3.05. The Labute approximate surface area is 137 Å². The Morgan fingerprint density at radius 3 is 2.25 bits per heavy atom. The van der Waals surface area contributed by atoms with Gasteiger partial charge in [0, 0.05) is 16.2 Å². The van der Waals surface area contributed by atoms with Gasteiger partial charge in [-0.2, -0.15) is 0 Å². The number of aryl methyl sites for hydroxylation is 1. The Balaban J connectivity index is 1.84. The molecule has 0 aliphatic rings. The molecule has 0 saturated heterocycles. The molecule has 0 bridgehead atoms. The van der Waals surface area contributed by atoms with Gasteiger partial charge in [-0.3, -0.25) is 14.4 Å². The maximum Gasteiger partial charge on any atom is 0.287 e. The molecule has 0 aliphatic carbocycles. The second-order valence-corrected chi connectivity index (χ2v) is 5.18. The molecule has 2 N–H and O–H groups in total. The van der Waals surface area contributed by atoms with E-state index in [0.29, 0.717) is 11.1 Å². The molecular weight excluding hydrogens is 310 g/mol. The van der Waals surface area contributed by atoms with Gasteiger partial charge in [0.05, 0.1) is 14.2 Å². The summed E-state index contributed by atoms with van der Waals surface area (Å²) in [5.74, 6) is -0.578. The highest BCUT2D eigenvalue weighted by Crippen LogP contribution is 2.18. The fraction of sp³-hybridized carbons (Fsp3) is 0.125. The molecule has 0 aliphatic heterocycles. The number of rotatable bonds is 4. The third-order valence-corrected chi connectivity index (χ3v) is 3.44. The minimum Gasteiger partial charge on any atom is -0.277 e. The number of amides is 2. The lowest BCUT2D eigenvalue weighted by Crippen LogP contribution is -2.46. The maximum absolute atomic E-state index is 12.3. The normalized spacial score (nSPS) is 10.6. The van der Waals surface area contributed by atoms with Gasteiger partial charge >= 0.3 is 0 Å². The molecule has 3 rings (SSSR count). The summed E-state index contributed by atoms with van der Waals surface area (Å²) in [5.41, 5.74) is 5.96. The van der Waals surface area contributed by atoms with Crippen LogP contribution in [0.2, 0.25) is 0 Å². The molecule has 8 nitrogen and oxygen atoms in total. The summed E-state index contributed by atoms with van der Waals surface area (Å²) in [5, 5.41) is 5.68. The number of carbonyl (C=O) groups is 2. The lowest BCUT2D eigenvalue weighted by Gasteiger charge is -2.06. The average molecular weight is 326 g/mol. The molecule has 0 spiro atoms. The molecule has 0 saturated carbocycles. The number of fused-ring (bicyclic) bond motifs is 1. The first-order valence-corrected chi connectivity index (χ1v) is 7.15. The van der Waals surface area contributed by atoms with Crippen LogP contribution in [0, 0.1) is 0 Å². The van der Waals surface area contributed by atoms with E-state index in [4.69, 9.17) is 0 Å². The van der Waals surface area contributed by atoms with E-state index in [9.17, 15) is 9.59 Å². The van der Waals surface area contributed by atoms with Gasteiger partial charge in [0.15, 0.2) is 0 Å². The van der Waals surface area contributed by atoms with Crippen LogP contribution < -0.4 is 15.6 Å². The number of hydrogen-bond donors (Lipinski definition) is 2. The molecule has 2 aromatic carbocycles. The van der Waals surface area contributed by atoms with Gasteiger partial charge in [0.1, 0.15) is 0 Å². The third kappa shape index (κ3) is 3.23. The quantitative estimate of drug-likeness (QED) is 0.541. The van der Waals surface area contributed by atoms with E-state index in [0.717, 1.165) is 10.8 Å². The van der Waals surface area contributed by atoms with Crippen molar-refractivity contribution in [2.24, 2.45) is 7.05 Å². The van der Waals surface area contributed by atoms with Gasteiger partial charge in [0.2, 0.25) is 6.33 Å². The maximum atomic E-state index is 12.3. The van der Waals surface area contributed by atoms with E-state index in [1.165, 1.54) is 18.1 Å². The van der Waals surface area contributed by atoms with Crippen LogP contribution in [0.25, 0.3) is 10.8 Å². The largest absolute Gasteiger partial charge is 0.287 e. The molecule has 1 aromatic heterocycles. The van der Waals surface area contributed by atoms with Gasteiger partial charge in [-0.05, 0) is 35.0 Å². The summed E-state index contributed by atoms with van der Waals surface area (Å²) in [6.45, 7) is 0. The Kier molecular flexibility index (Phi) is 4.21. The molecule has 1 heterocycles. The van der Waals surface area contributed by atoms with Gasteiger partial charge in [-0.15, -0.1) is 9.36 Å². The van der Waals surface area contributed by atoms with Crippen LogP contribution in [0.15, 0.2) is 49.1 Å².